The zero-order valence-electron chi connectivity index (χ0n) is 17.4. The van der Waals surface area contributed by atoms with Crippen molar-refractivity contribution in [3.05, 3.63) is 29.3 Å². The first kappa shape index (κ1) is 22.8. The third-order valence-electron chi connectivity index (χ3n) is 5.76. The van der Waals surface area contributed by atoms with Crippen LogP contribution in [0.4, 0.5) is 0 Å². The molecule has 0 saturated carbocycles. The van der Waals surface area contributed by atoms with Gasteiger partial charge >= 0.3 is 0 Å². The average Bonchev–Trinajstić information content (AvgIpc) is 2.77. The fraction of sp³-hybridized carbons (Fsp3) is 0.636. The van der Waals surface area contributed by atoms with Crippen molar-refractivity contribution in [2.24, 2.45) is 11.7 Å². The van der Waals surface area contributed by atoms with Crippen LogP contribution in [-0.4, -0.2) is 73.7 Å². The van der Waals surface area contributed by atoms with Crippen molar-refractivity contribution in [2.45, 2.75) is 38.2 Å². The van der Waals surface area contributed by atoms with Crippen LogP contribution in [0, 0.1) is 5.92 Å². The Morgan fingerprint density at radius 2 is 1.80 bits per heavy atom. The summed E-state index contributed by atoms with van der Waals surface area (Å²) in [5.41, 5.74) is 5.54. The smallest absolute Gasteiger partial charge is 0.223 e. The minimum absolute atomic E-state index is 0.0526. The molecule has 2 fully saturated rings. The van der Waals surface area contributed by atoms with Crippen LogP contribution in [0.5, 0.6) is 5.75 Å². The van der Waals surface area contributed by atoms with E-state index in [0.717, 1.165) is 18.6 Å². The average molecular weight is 438 g/mol. The van der Waals surface area contributed by atoms with Gasteiger partial charge in [-0.25, -0.2) is 0 Å². The third-order valence-corrected chi connectivity index (χ3v) is 6.02. The van der Waals surface area contributed by atoms with Crippen LogP contribution < -0.4 is 10.5 Å². The molecule has 2 aliphatic heterocycles. The minimum Gasteiger partial charge on any atom is -0.490 e. The molecule has 0 spiro atoms. The zero-order chi connectivity index (χ0) is 21.3. The molecule has 1 aromatic rings. The molecule has 0 aromatic heterocycles. The van der Waals surface area contributed by atoms with Crippen molar-refractivity contribution in [1.29, 1.82) is 0 Å². The Balaban J connectivity index is 1.65. The van der Waals surface area contributed by atoms with Crippen molar-refractivity contribution in [3.8, 4) is 5.75 Å². The molecule has 7 nitrogen and oxygen atoms in total. The van der Waals surface area contributed by atoms with Crippen LogP contribution in [0.1, 0.15) is 32.1 Å². The molecule has 30 heavy (non-hydrogen) atoms. The molecular formula is C22H32ClN3O4. The first-order valence-electron chi connectivity index (χ1n) is 10.8. The Morgan fingerprint density at radius 1 is 1.07 bits per heavy atom. The number of likely N-dealkylation sites (tertiary alicyclic amines) is 1. The van der Waals surface area contributed by atoms with E-state index in [1.165, 1.54) is 0 Å². The van der Waals surface area contributed by atoms with Gasteiger partial charge in [0, 0.05) is 56.4 Å². The summed E-state index contributed by atoms with van der Waals surface area (Å²) in [4.78, 5) is 29.2. The predicted octanol–water partition coefficient (Wildman–Crippen LogP) is 2.31. The van der Waals surface area contributed by atoms with E-state index in [0.29, 0.717) is 70.2 Å². The van der Waals surface area contributed by atoms with Gasteiger partial charge < -0.3 is 25.0 Å². The SMILES string of the molecule is NCCCCC(=O)N1CC[C@H](Oc2ccc(Cl)cc2)[C@@H](CC(=O)N2CCOCC2)C1. The van der Waals surface area contributed by atoms with Gasteiger partial charge in [-0.2, -0.15) is 0 Å². The molecule has 2 aliphatic rings. The van der Waals surface area contributed by atoms with Crippen molar-refractivity contribution < 1.29 is 19.1 Å². The Hall–Kier alpha value is -1.83. The van der Waals surface area contributed by atoms with E-state index in [4.69, 9.17) is 26.8 Å². The number of ether oxygens (including phenoxy) is 2. The number of hydrogen-bond acceptors (Lipinski definition) is 5. The second kappa shape index (κ2) is 11.5. The molecule has 2 N–H and O–H groups in total. The number of halogens is 1. The van der Waals surface area contributed by atoms with E-state index in [1.54, 1.807) is 12.1 Å². The van der Waals surface area contributed by atoms with Crippen LogP contribution in [-0.2, 0) is 14.3 Å². The van der Waals surface area contributed by atoms with Gasteiger partial charge in [-0.05, 0) is 43.7 Å². The maximum absolute atomic E-state index is 12.9. The number of hydrogen-bond donors (Lipinski definition) is 1. The summed E-state index contributed by atoms with van der Waals surface area (Å²) in [5, 5.41) is 0.652. The number of piperidine rings is 1. The Kier molecular flexibility index (Phi) is 8.78. The molecule has 0 unspecified atom stereocenters. The topological polar surface area (TPSA) is 85.1 Å². The van der Waals surface area contributed by atoms with Gasteiger partial charge in [0.15, 0.2) is 0 Å². The van der Waals surface area contributed by atoms with Crippen LogP contribution in [0.15, 0.2) is 24.3 Å². The minimum atomic E-state index is -0.121. The van der Waals surface area contributed by atoms with Crippen molar-refractivity contribution >= 4 is 23.4 Å². The van der Waals surface area contributed by atoms with Gasteiger partial charge in [0.05, 0.1) is 13.2 Å². The number of benzene rings is 1. The van der Waals surface area contributed by atoms with Crippen molar-refractivity contribution in [1.82, 2.24) is 9.80 Å². The first-order valence-corrected chi connectivity index (χ1v) is 11.2. The van der Waals surface area contributed by atoms with Gasteiger partial charge in [-0.15, -0.1) is 0 Å². The van der Waals surface area contributed by atoms with E-state index in [9.17, 15) is 9.59 Å². The third kappa shape index (κ3) is 6.59. The second-order valence-corrected chi connectivity index (χ2v) is 8.38. The molecule has 1 aromatic carbocycles. The molecule has 166 valence electrons. The zero-order valence-corrected chi connectivity index (χ0v) is 18.2. The number of morpholine rings is 1. The lowest BCUT2D eigenvalue weighted by Gasteiger charge is -2.39. The van der Waals surface area contributed by atoms with Gasteiger partial charge in [0.1, 0.15) is 11.9 Å². The van der Waals surface area contributed by atoms with E-state index >= 15 is 0 Å². The number of unbranched alkanes of at least 4 members (excludes halogenated alkanes) is 1. The molecule has 0 aliphatic carbocycles. The van der Waals surface area contributed by atoms with Gasteiger partial charge in [0.25, 0.3) is 0 Å². The fourth-order valence-electron chi connectivity index (χ4n) is 4.02. The van der Waals surface area contributed by atoms with Crippen LogP contribution >= 0.6 is 11.6 Å². The molecular weight excluding hydrogens is 406 g/mol. The molecule has 3 rings (SSSR count). The quantitative estimate of drug-likeness (QED) is 0.631. The predicted molar refractivity (Wildman–Crippen MR) is 115 cm³/mol. The maximum atomic E-state index is 12.9. The lowest BCUT2D eigenvalue weighted by atomic mass is 9.90. The van der Waals surface area contributed by atoms with E-state index in [1.807, 2.05) is 21.9 Å². The molecule has 2 saturated heterocycles. The maximum Gasteiger partial charge on any atom is 0.223 e. The molecule has 2 heterocycles. The van der Waals surface area contributed by atoms with E-state index in [2.05, 4.69) is 0 Å². The fourth-order valence-corrected chi connectivity index (χ4v) is 4.15. The summed E-state index contributed by atoms with van der Waals surface area (Å²) in [6.45, 7) is 4.17. The van der Waals surface area contributed by atoms with Gasteiger partial charge in [-0.3, -0.25) is 9.59 Å². The normalized spacial score (nSPS) is 22.1. The molecule has 8 heteroatoms. The summed E-state index contributed by atoms with van der Waals surface area (Å²) < 4.78 is 11.6. The molecule has 0 radical (unpaired) electrons. The number of carbonyl (C=O) groups is 2. The van der Waals surface area contributed by atoms with Crippen molar-refractivity contribution in [2.75, 3.05) is 45.9 Å². The highest BCUT2D eigenvalue weighted by Gasteiger charge is 2.35. The van der Waals surface area contributed by atoms with Crippen LogP contribution in [0.3, 0.4) is 0 Å². The summed E-state index contributed by atoms with van der Waals surface area (Å²) in [6.07, 6.45) is 3.10. The van der Waals surface area contributed by atoms with Crippen LogP contribution in [0.25, 0.3) is 0 Å². The molecule has 2 amide bonds. The standard InChI is InChI=1S/C22H32ClN3O4/c23-18-4-6-19(7-5-18)30-20-8-10-26(21(27)3-1-2-9-24)16-17(20)15-22(28)25-11-13-29-14-12-25/h4-7,17,20H,1-3,8-16,24H2/t17-,20-/m0/s1. The molecule has 0 bridgehead atoms. The number of rotatable bonds is 8. The Morgan fingerprint density at radius 3 is 2.50 bits per heavy atom. The highest BCUT2D eigenvalue weighted by Crippen LogP contribution is 2.28. The van der Waals surface area contributed by atoms with Gasteiger partial charge in [0.2, 0.25) is 11.8 Å². The Bertz CT molecular complexity index is 694. The van der Waals surface area contributed by atoms with Crippen molar-refractivity contribution in [3.63, 3.8) is 0 Å². The lowest BCUT2D eigenvalue weighted by Crippen LogP contribution is -2.50. The highest BCUT2D eigenvalue weighted by molar-refractivity contribution is 6.30. The summed E-state index contributed by atoms with van der Waals surface area (Å²) in [7, 11) is 0. The monoisotopic (exact) mass is 437 g/mol. The van der Waals surface area contributed by atoms with Crippen LogP contribution in [0.2, 0.25) is 5.02 Å². The van der Waals surface area contributed by atoms with E-state index in [-0.39, 0.29) is 23.8 Å². The number of carbonyl (C=O) groups excluding carboxylic acids is 2. The largest absolute Gasteiger partial charge is 0.490 e. The Labute approximate surface area is 183 Å². The second-order valence-electron chi connectivity index (χ2n) is 7.94. The summed E-state index contributed by atoms with van der Waals surface area (Å²) in [5.74, 6) is 0.918. The number of nitrogens with zero attached hydrogens (tertiary/aromatic N) is 2. The number of nitrogens with two attached hydrogens (primary N) is 1. The number of amides is 2. The summed E-state index contributed by atoms with van der Waals surface area (Å²) in [6, 6.07) is 7.27. The molecule has 2 atom stereocenters. The lowest BCUT2D eigenvalue weighted by molar-refractivity contribution is -0.141. The first-order chi connectivity index (χ1) is 14.6. The van der Waals surface area contributed by atoms with E-state index < -0.39 is 0 Å². The van der Waals surface area contributed by atoms with Gasteiger partial charge in [-0.1, -0.05) is 11.6 Å². The summed E-state index contributed by atoms with van der Waals surface area (Å²) >= 11 is 5.98. The highest BCUT2D eigenvalue weighted by atomic mass is 35.5.